The number of aliphatic hydroxyl groups is 1. The van der Waals surface area contributed by atoms with E-state index in [9.17, 15) is 4.79 Å². The molecule has 2 N–H and O–H groups in total. The average molecular weight is 276 g/mol. The van der Waals surface area contributed by atoms with Gasteiger partial charge < -0.3 is 10.4 Å². The monoisotopic (exact) mass is 275 g/mol. The van der Waals surface area contributed by atoms with Crippen LogP contribution in [0.3, 0.4) is 0 Å². The zero-order valence-electron chi connectivity index (χ0n) is 9.76. The molecule has 0 saturated heterocycles. The maximum absolute atomic E-state index is 11.7. The molecular formula is C12H15Cl2NO2. The van der Waals surface area contributed by atoms with Crippen LogP contribution in [0.25, 0.3) is 0 Å². The first kappa shape index (κ1) is 14.3. The molecule has 3 nitrogen and oxygen atoms in total. The number of hydrogen-bond donors (Lipinski definition) is 2. The van der Waals surface area contributed by atoms with Gasteiger partial charge in [0, 0.05) is 6.54 Å². The molecule has 0 fully saturated rings. The molecule has 0 unspecified atom stereocenters. The minimum absolute atomic E-state index is 0.194. The fraction of sp³-hybridized carbons (Fsp3) is 0.417. The van der Waals surface area contributed by atoms with Crippen LogP contribution in [0.1, 0.15) is 19.4 Å². The molecule has 0 aliphatic rings. The third kappa shape index (κ3) is 3.87. The highest BCUT2D eigenvalue weighted by atomic mass is 35.5. The third-order valence-corrected chi connectivity index (χ3v) is 3.19. The predicted molar refractivity (Wildman–Crippen MR) is 69.2 cm³/mol. The van der Waals surface area contributed by atoms with Crippen LogP contribution in [0.2, 0.25) is 10.0 Å². The number of carbonyl (C=O) groups is 1. The second kappa shape index (κ2) is 5.71. The number of nitrogens with one attached hydrogen (secondary N) is 1. The molecule has 1 rings (SSSR count). The summed E-state index contributed by atoms with van der Waals surface area (Å²) in [6.45, 7) is 3.52. The number of hydrogen-bond acceptors (Lipinski definition) is 2. The summed E-state index contributed by atoms with van der Waals surface area (Å²) in [5, 5.41) is 12.7. The van der Waals surface area contributed by atoms with Crippen LogP contribution in [0.5, 0.6) is 0 Å². The summed E-state index contributed by atoms with van der Waals surface area (Å²) in [4.78, 5) is 11.7. The number of benzene rings is 1. The molecule has 0 heterocycles. The molecule has 1 aromatic carbocycles. The highest BCUT2D eigenvalue weighted by molar-refractivity contribution is 6.42. The van der Waals surface area contributed by atoms with Gasteiger partial charge in [-0.15, -0.1) is 0 Å². The Bertz CT molecular complexity index is 419. The lowest BCUT2D eigenvalue weighted by molar-refractivity contribution is -0.131. The largest absolute Gasteiger partial charge is 0.395 e. The number of rotatable bonds is 4. The Morgan fingerprint density at radius 1 is 1.35 bits per heavy atom. The highest BCUT2D eigenvalue weighted by Crippen LogP contribution is 2.22. The van der Waals surface area contributed by atoms with Gasteiger partial charge >= 0.3 is 0 Å². The lowest BCUT2D eigenvalue weighted by atomic mass is 9.94. The molecule has 94 valence electrons. The maximum Gasteiger partial charge on any atom is 0.228 e. The van der Waals surface area contributed by atoms with E-state index in [0.717, 1.165) is 5.56 Å². The van der Waals surface area contributed by atoms with Crippen molar-refractivity contribution >= 4 is 29.1 Å². The molecule has 5 heteroatoms. The molecule has 0 spiro atoms. The van der Waals surface area contributed by atoms with E-state index in [1.54, 1.807) is 32.0 Å². The second-order valence-corrected chi connectivity index (χ2v) is 5.29. The molecule has 0 saturated carbocycles. The van der Waals surface area contributed by atoms with Crippen LogP contribution in [0.15, 0.2) is 18.2 Å². The standard InChI is InChI=1S/C12H15Cl2NO2/c1-12(2,7-16)11(17)15-6-8-3-4-9(13)10(14)5-8/h3-5,16H,6-7H2,1-2H3,(H,15,17). The quantitative estimate of drug-likeness (QED) is 0.888. The SMILES string of the molecule is CC(C)(CO)C(=O)NCc1ccc(Cl)c(Cl)c1. The molecular weight excluding hydrogens is 261 g/mol. The van der Waals surface area contributed by atoms with E-state index in [2.05, 4.69) is 5.32 Å². The van der Waals surface area contributed by atoms with Gasteiger partial charge in [0.05, 0.1) is 22.1 Å². The van der Waals surface area contributed by atoms with Crippen molar-refractivity contribution < 1.29 is 9.90 Å². The van der Waals surface area contributed by atoms with Gasteiger partial charge in [-0.2, -0.15) is 0 Å². The minimum atomic E-state index is -0.782. The van der Waals surface area contributed by atoms with Crippen molar-refractivity contribution in [2.75, 3.05) is 6.61 Å². The van der Waals surface area contributed by atoms with Gasteiger partial charge in [0.2, 0.25) is 5.91 Å². The zero-order chi connectivity index (χ0) is 13.1. The van der Waals surface area contributed by atoms with Crippen LogP contribution in [-0.4, -0.2) is 17.6 Å². The lowest BCUT2D eigenvalue weighted by Crippen LogP contribution is -2.38. The summed E-state index contributed by atoms with van der Waals surface area (Å²) in [5.74, 6) is -0.203. The van der Waals surface area contributed by atoms with E-state index in [1.165, 1.54) is 0 Å². The Morgan fingerprint density at radius 2 is 2.00 bits per heavy atom. The zero-order valence-corrected chi connectivity index (χ0v) is 11.3. The molecule has 1 amide bonds. The van der Waals surface area contributed by atoms with E-state index in [-0.39, 0.29) is 12.5 Å². The van der Waals surface area contributed by atoms with Gasteiger partial charge in [-0.25, -0.2) is 0 Å². The number of amides is 1. The van der Waals surface area contributed by atoms with Gasteiger partial charge in [0.15, 0.2) is 0 Å². The van der Waals surface area contributed by atoms with E-state index < -0.39 is 5.41 Å². The summed E-state index contributed by atoms with van der Waals surface area (Å²) in [6.07, 6.45) is 0. The molecule has 0 bridgehead atoms. The summed E-state index contributed by atoms with van der Waals surface area (Å²) in [6, 6.07) is 5.18. The Labute approximate surface area is 111 Å². The first-order valence-electron chi connectivity index (χ1n) is 5.20. The fourth-order valence-electron chi connectivity index (χ4n) is 1.14. The molecule has 0 aromatic heterocycles. The molecule has 0 radical (unpaired) electrons. The highest BCUT2D eigenvalue weighted by Gasteiger charge is 2.26. The van der Waals surface area contributed by atoms with Crippen molar-refractivity contribution in [2.45, 2.75) is 20.4 Å². The summed E-state index contributed by atoms with van der Waals surface area (Å²) < 4.78 is 0. The van der Waals surface area contributed by atoms with Crippen molar-refractivity contribution in [3.63, 3.8) is 0 Å². The molecule has 0 aliphatic carbocycles. The average Bonchev–Trinajstić information content (AvgIpc) is 2.30. The topological polar surface area (TPSA) is 49.3 Å². The summed E-state index contributed by atoms with van der Waals surface area (Å²) in [7, 11) is 0. The van der Waals surface area contributed by atoms with Crippen molar-refractivity contribution in [3.8, 4) is 0 Å². The number of aliphatic hydroxyl groups excluding tert-OH is 1. The van der Waals surface area contributed by atoms with Gasteiger partial charge in [-0.05, 0) is 31.5 Å². The third-order valence-electron chi connectivity index (χ3n) is 2.45. The van der Waals surface area contributed by atoms with Gasteiger partial charge in [-0.3, -0.25) is 4.79 Å². The molecule has 0 atom stereocenters. The molecule has 0 aliphatic heterocycles. The number of halogens is 2. The summed E-state index contributed by atoms with van der Waals surface area (Å²) in [5.41, 5.74) is 0.0810. The molecule has 17 heavy (non-hydrogen) atoms. The van der Waals surface area contributed by atoms with E-state index in [1.807, 2.05) is 0 Å². The first-order chi connectivity index (χ1) is 7.86. The molecule has 1 aromatic rings. The summed E-state index contributed by atoms with van der Waals surface area (Å²) >= 11 is 11.6. The Balaban J connectivity index is 2.62. The van der Waals surface area contributed by atoms with Crippen LogP contribution in [0.4, 0.5) is 0 Å². The van der Waals surface area contributed by atoms with Crippen molar-refractivity contribution in [3.05, 3.63) is 33.8 Å². The predicted octanol–water partition coefficient (Wildman–Crippen LogP) is 2.63. The van der Waals surface area contributed by atoms with Gasteiger partial charge in [0.25, 0.3) is 0 Å². The van der Waals surface area contributed by atoms with E-state index in [0.29, 0.717) is 16.6 Å². The van der Waals surface area contributed by atoms with Crippen LogP contribution < -0.4 is 5.32 Å². The smallest absolute Gasteiger partial charge is 0.228 e. The second-order valence-electron chi connectivity index (χ2n) is 4.47. The number of carbonyl (C=O) groups excluding carboxylic acids is 1. The van der Waals surface area contributed by atoms with Crippen molar-refractivity contribution in [2.24, 2.45) is 5.41 Å². The maximum atomic E-state index is 11.7. The van der Waals surface area contributed by atoms with Crippen molar-refractivity contribution in [1.29, 1.82) is 0 Å². The van der Waals surface area contributed by atoms with Crippen molar-refractivity contribution in [1.82, 2.24) is 5.32 Å². The normalized spacial score (nSPS) is 11.4. The van der Waals surface area contributed by atoms with Crippen LogP contribution in [-0.2, 0) is 11.3 Å². The lowest BCUT2D eigenvalue weighted by Gasteiger charge is -2.20. The van der Waals surface area contributed by atoms with Gasteiger partial charge in [-0.1, -0.05) is 29.3 Å². The Kier molecular flexibility index (Phi) is 4.80. The minimum Gasteiger partial charge on any atom is -0.395 e. The Morgan fingerprint density at radius 3 is 2.53 bits per heavy atom. The van der Waals surface area contributed by atoms with Crippen LogP contribution >= 0.6 is 23.2 Å². The van der Waals surface area contributed by atoms with E-state index in [4.69, 9.17) is 28.3 Å². The fourth-order valence-corrected chi connectivity index (χ4v) is 1.46. The van der Waals surface area contributed by atoms with Crippen LogP contribution in [0, 0.1) is 5.41 Å². The first-order valence-corrected chi connectivity index (χ1v) is 5.95. The Hall–Kier alpha value is -0.770. The van der Waals surface area contributed by atoms with Gasteiger partial charge in [0.1, 0.15) is 0 Å². The van der Waals surface area contributed by atoms with E-state index >= 15 is 0 Å².